The minimum absolute atomic E-state index is 0.111. The fourth-order valence-electron chi connectivity index (χ4n) is 1.39. The van der Waals surface area contributed by atoms with Crippen molar-refractivity contribution in [2.45, 2.75) is 39.2 Å². The molecule has 0 saturated carbocycles. The molecule has 1 atom stereocenters. The molecule has 0 heterocycles. The molecule has 3 heteroatoms. The van der Waals surface area contributed by atoms with Gasteiger partial charge in [-0.2, -0.15) is 0 Å². The van der Waals surface area contributed by atoms with E-state index in [2.05, 4.69) is 5.92 Å². The molecule has 0 aliphatic heterocycles. The Balaban J connectivity index is 4.04. The van der Waals surface area contributed by atoms with Crippen LogP contribution in [0.3, 0.4) is 0 Å². The molecule has 0 spiro atoms. The summed E-state index contributed by atoms with van der Waals surface area (Å²) >= 11 is 0. The molecule has 0 aliphatic rings. The van der Waals surface area contributed by atoms with E-state index in [-0.39, 0.29) is 12.6 Å². The third kappa shape index (κ3) is 5.60. The minimum Gasteiger partial charge on any atom is -0.480 e. The van der Waals surface area contributed by atoms with Crippen LogP contribution in [0.5, 0.6) is 0 Å². The topological polar surface area (TPSA) is 40.5 Å². The first kappa shape index (κ1) is 13.0. The van der Waals surface area contributed by atoms with Crippen molar-refractivity contribution in [1.29, 1.82) is 0 Å². The fraction of sp³-hybridized carbons (Fsp3) is 0.727. The van der Waals surface area contributed by atoms with Gasteiger partial charge in [-0.15, -0.1) is 12.3 Å². The van der Waals surface area contributed by atoms with Crippen molar-refractivity contribution in [3.63, 3.8) is 0 Å². The second-order valence-corrected chi connectivity index (χ2v) is 3.46. The normalized spacial score (nSPS) is 12.4. The summed E-state index contributed by atoms with van der Waals surface area (Å²) in [7, 11) is 0. The zero-order valence-electron chi connectivity index (χ0n) is 8.99. The molecule has 3 nitrogen and oxygen atoms in total. The van der Waals surface area contributed by atoms with Gasteiger partial charge in [-0.25, -0.2) is 0 Å². The maximum atomic E-state index is 10.6. The standard InChI is InChI=1S/C11H19NO2/c1-4-6-7-10(3)12(8-5-2)9-11(13)14/h1,10H,5-9H2,2-3H3,(H,13,14). The van der Waals surface area contributed by atoms with Gasteiger partial charge in [-0.1, -0.05) is 6.92 Å². The molecule has 0 aromatic rings. The van der Waals surface area contributed by atoms with Crippen LogP contribution in [0, 0.1) is 12.3 Å². The number of carbonyl (C=O) groups is 1. The third-order valence-corrected chi connectivity index (χ3v) is 2.18. The Bertz CT molecular complexity index is 208. The van der Waals surface area contributed by atoms with Crippen molar-refractivity contribution < 1.29 is 9.90 Å². The van der Waals surface area contributed by atoms with Crippen molar-refractivity contribution in [1.82, 2.24) is 4.90 Å². The molecule has 14 heavy (non-hydrogen) atoms. The average Bonchev–Trinajstić information content (AvgIpc) is 2.13. The number of carboxylic acids is 1. The summed E-state index contributed by atoms with van der Waals surface area (Å²) in [5.74, 6) is 1.80. The Hall–Kier alpha value is -1.01. The number of carboxylic acid groups (broad SMARTS) is 1. The van der Waals surface area contributed by atoms with Gasteiger partial charge in [-0.3, -0.25) is 9.69 Å². The van der Waals surface area contributed by atoms with Crippen LogP contribution in [-0.2, 0) is 4.79 Å². The van der Waals surface area contributed by atoms with Gasteiger partial charge in [0, 0.05) is 12.5 Å². The van der Waals surface area contributed by atoms with Gasteiger partial charge < -0.3 is 5.11 Å². The lowest BCUT2D eigenvalue weighted by Gasteiger charge is -2.26. The van der Waals surface area contributed by atoms with Crippen molar-refractivity contribution in [3.8, 4) is 12.3 Å². The zero-order chi connectivity index (χ0) is 11.0. The third-order valence-electron chi connectivity index (χ3n) is 2.18. The quantitative estimate of drug-likeness (QED) is 0.630. The number of aliphatic carboxylic acids is 1. The Labute approximate surface area is 86.1 Å². The SMILES string of the molecule is C#CCCC(C)N(CCC)CC(=O)O. The lowest BCUT2D eigenvalue weighted by Crippen LogP contribution is -2.37. The average molecular weight is 197 g/mol. The van der Waals surface area contributed by atoms with Gasteiger partial charge in [0.1, 0.15) is 0 Å². The van der Waals surface area contributed by atoms with Crippen LogP contribution in [0.15, 0.2) is 0 Å². The Kier molecular flexibility index (Phi) is 6.87. The van der Waals surface area contributed by atoms with E-state index in [0.717, 1.165) is 19.4 Å². The lowest BCUT2D eigenvalue weighted by atomic mass is 10.1. The fourth-order valence-corrected chi connectivity index (χ4v) is 1.39. The minimum atomic E-state index is -0.772. The highest BCUT2D eigenvalue weighted by atomic mass is 16.4. The van der Waals surface area contributed by atoms with Gasteiger partial charge in [-0.05, 0) is 26.3 Å². The van der Waals surface area contributed by atoms with Crippen LogP contribution in [0.1, 0.15) is 33.1 Å². The molecule has 1 N–H and O–H groups in total. The molecule has 0 radical (unpaired) electrons. The second kappa shape index (κ2) is 7.40. The zero-order valence-corrected chi connectivity index (χ0v) is 8.99. The molecule has 0 bridgehead atoms. The predicted octanol–water partition coefficient (Wildman–Crippen LogP) is 1.58. The van der Waals surface area contributed by atoms with Gasteiger partial charge >= 0.3 is 5.97 Å². The van der Waals surface area contributed by atoms with Crippen LogP contribution < -0.4 is 0 Å². The van der Waals surface area contributed by atoms with E-state index in [0.29, 0.717) is 6.42 Å². The van der Waals surface area contributed by atoms with E-state index < -0.39 is 5.97 Å². The summed E-state index contributed by atoms with van der Waals surface area (Å²) in [5.41, 5.74) is 0. The van der Waals surface area contributed by atoms with Crippen molar-refractivity contribution >= 4 is 5.97 Å². The van der Waals surface area contributed by atoms with E-state index in [1.165, 1.54) is 0 Å². The first-order valence-electron chi connectivity index (χ1n) is 5.01. The maximum absolute atomic E-state index is 10.6. The Morgan fingerprint density at radius 3 is 2.71 bits per heavy atom. The van der Waals surface area contributed by atoms with Gasteiger partial charge in [0.25, 0.3) is 0 Å². The second-order valence-electron chi connectivity index (χ2n) is 3.46. The predicted molar refractivity (Wildman–Crippen MR) is 57.0 cm³/mol. The Morgan fingerprint density at radius 1 is 1.64 bits per heavy atom. The van der Waals surface area contributed by atoms with E-state index >= 15 is 0 Å². The summed E-state index contributed by atoms with van der Waals surface area (Å²) in [6.45, 7) is 5.00. The van der Waals surface area contributed by atoms with E-state index in [9.17, 15) is 4.79 Å². The van der Waals surface area contributed by atoms with E-state index in [1.807, 2.05) is 18.7 Å². The maximum Gasteiger partial charge on any atom is 0.317 e. The molecule has 0 saturated heterocycles. The highest BCUT2D eigenvalue weighted by Gasteiger charge is 2.14. The molecular formula is C11H19NO2. The van der Waals surface area contributed by atoms with Crippen LogP contribution >= 0.6 is 0 Å². The molecule has 0 aromatic carbocycles. The summed E-state index contributed by atoms with van der Waals surface area (Å²) in [4.78, 5) is 12.5. The number of rotatable bonds is 7. The number of nitrogens with zero attached hydrogens (tertiary/aromatic N) is 1. The van der Waals surface area contributed by atoms with Crippen LogP contribution in [0.4, 0.5) is 0 Å². The molecule has 80 valence electrons. The summed E-state index contributed by atoms with van der Waals surface area (Å²) < 4.78 is 0. The van der Waals surface area contributed by atoms with E-state index in [4.69, 9.17) is 11.5 Å². The van der Waals surface area contributed by atoms with Crippen LogP contribution in [-0.4, -0.2) is 35.1 Å². The van der Waals surface area contributed by atoms with Gasteiger partial charge in [0.2, 0.25) is 0 Å². The molecule has 0 rings (SSSR count). The largest absolute Gasteiger partial charge is 0.480 e. The van der Waals surface area contributed by atoms with Crippen LogP contribution in [0.2, 0.25) is 0 Å². The molecule has 0 aromatic heterocycles. The summed E-state index contributed by atoms with van der Waals surface area (Å²) in [6, 6.07) is 0.252. The van der Waals surface area contributed by atoms with Crippen LogP contribution in [0.25, 0.3) is 0 Å². The molecule has 1 unspecified atom stereocenters. The number of hydrogen-bond donors (Lipinski definition) is 1. The van der Waals surface area contributed by atoms with Crippen molar-refractivity contribution in [2.24, 2.45) is 0 Å². The highest BCUT2D eigenvalue weighted by Crippen LogP contribution is 2.06. The summed E-state index contributed by atoms with van der Waals surface area (Å²) in [5, 5.41) is 8.70. The molecule has 0 aliphatic carbocycles. The monoisotopic (exact) mass is 197 g/mol. The Morgan fingerprint density at radius 2 is 2.29 bits per heavy atom. The lowest BCUT2D eigenvalue weighted by molar-refractivity contribution is -0.138. The molecular weight excluding hydrogens is 178 g/mol. The number of hydrogen-bond acceptors (Lipinski definition) is 2. The van der Waals surface area contributed by atoms with Crippen molar-refractivity contribution in [3.05, 3.63) is 0 Å². The smallest absolute Gasteiger partial charge is 0.317 e. The molecule has 0 fully saturated rings. The first-order chi connectivity index (χ1) is 6.61. The number of terminal acetylenes is 1. The van der Waals surface area contributed by atoms with Gasteiger partial charge in [0.15, 0.2) is 0 Å². The summed E-state index contributed by atoms with van der Waals surface area (Å²) in [6.07, 6.45) is 7.71. The van der Waals surface area contributed by atoms with E-state index in [1.54, 1.807) is 0 Å². The highest BCUT2D eigenvalue weighted by molar-refractivity contribution is 5.69. The van der Waals surface area contributed by atoms with Crippen molar-refractivity contribution in [2.75, 3.05) is 13.1 Å². The molecule has 0 amide bonds. The first-order valence-corrected chi connectivity index (χ1v) is 5.01. The van der Waals surface area contributed by atoms with Gasteiger partial charge in [0.05, 0.1) is 6.54 Å².